The Kier molecular flexibility index (Phi) is 9.83. The van der Waals surface area contributed by atoms with Crippen molar-refractivity contribution >= 4 is 55.3 Å². The highest BCUT2D eigenvalue weighted by Crippen LogP contribution is 2.36. The van der Waals surface area contributed by atoms with E-state index in [9.17, 15) is 31.9 Å². The van der Waals surface area contributed by atoms with Crippen LogP contribution in [0, 0.1) is 23.3 Å². The number of aryl methyl sites for hydroxylation is 2. The molecule has 0 fully saturated rings. The van der Waals surface area contributed by atoms with Crippen molar-refractivity contribution in [3.63, 3.8) is 0 Å². The molecule has 2 heterocycles. The van der Waals surface area contributed by atoms with Crippen LogP contribution >= 0.6 is 11.6 Å². The number of aromatic nitrogens is 4. The number of rotatable bonds is 11. The molecule has 3 N–H and O–H groups in total. The third-order valence-electron chi connectivity index (χ3n) is 8.15. The second-order valence-electron chi connectivity index (χ2n) is 11.6. The molecule has 0 radical (unpaired) electrons. The largest absolute Gasteiger partial charge is 0.497 e. The molecule has 0 spiro atoms. The van der Waals surface area contributed by atoms with E-state index in [1.54, 1.807) is 24.3 Å². The molecule has 0 aliphatic rings. The maximum atomic E-state index is 15.2. The van der Waals surface area contributed by atoms with E-state index in [0.717, 1.165) is 22.8 Å². The second-order valence-corrected chi connectivity index (χ2v) is 13.9. The van der Waals surface area contributed by atoms with Gasteiger partial charge in [0.15, 0.2) is 5.82 Å². The average Bonchev–Trinajstić information content (AvgIpc) is 3.40. The van der Waals surface area contributed by atoms with Gasteiger partial charge in [-0.25, -0.2) is 35.8 Å². The number of carbonyl (C=O) groups is 1. The summed E-state index contributed by atoms with van der Waals surface area (Å²) in [6.07, 6.45) is -2.02. The van der Waals surface area contributed by atoms with Gasteiger partial charge in [-0.3, -0.25) is 18.8 Å². The number of ether oxygens (including phenoxy) is 1. The standard InChI is InChI=1S/C34H27ClF4N6O6S/c1-44-30-26(10-7-22(35)27(30)31(42-44)43-52(49,50)12-11-17-3-5-21(51-2)6-4-17)45-32(41-29-24(39)9-8-23(38)28(29)33(45)46)25(40-34(47)48)15-18-13-19(36)16-20(37)14-18/h3-10,13-14,16,25,40H,11-12,15H2,1-2H3,(H,42,43)(H,47,48)/t25-/m0/s1. The molecule has 0 aliphatic heterocycles. The number of halogens is 5. The number of sulfonamides is 1. The third-order valence-corrected chi connectivity index (χ3v) is 9.71. The first-order valence-electron chi connectivity index (χ1n) is 15.3. The van der Waals surface area contributed by atoms with E-state index in [0.29, 0.717) is 23.4 Å². The van der Waals surface area contributed by atoms with Gasteiger partial charge in [-0.15, -0.1) is 0 Å². The third kappa shape index (κ3) is 7.22. The van der Waals surface area contributed by atoms with Crippen LogP contribution in [0.5, 0.6) is 5.75 Å². The maximum absolute atomic E-state index is 15.2. The molecule has 0 saturated carbocycles. The number of methoxy groups -OCH3 is 1. The van der Waals surface area contributed by atoms with Crippen LogP contribution in [-0.2, 0) is 29.9 Å². The van der Waals surface area contributed by atoms with Crippen molar-refractivity contribution in [2.45, 2.75) is 18.9 Å². The lowest BCUT2D eigenvalue weighted by Gasteiger charge is -2.23. The van der Waals surface area contributed by atoms with E-state index in [2.05, 4.69) is 20.1 Å². The van der Waals surface area contributed by atoms with Gasteiger partial charge in [0.2, 0.25) is 10.0 Å². The quantitative estimate of drug-likeness (QED) is 0.135. The number of amides is 1. The fourth-order valence-corrected chi connectivity index (χ4v) is 7.16. The first-order chi connectivity index (χ1) is 24.6. The Balaban J connectivity index is 1.53. The number of nitrogens with zero attached hydrogens (tertiary/aromatic N) is 4. The monoisotopic (exact) mass is 758 g/mol. The zero-order valence-corrected chi connectivity index (χ0v) is 28.7. The summed E-state index contributed by atoms with van der Waals surface area (Å²) in [4.78, 5) is 30.5. The highest BCUT2D eigenvalue weighted by molar-refractivity contribution is 7.92. The van der Waals surface area contributed by atoms with Crippen molar-refractivity contribution in [2.24, 2.45) is 7.05 Å². The molecular formula is C34H27ClF4N6O6S. The summed E-state index contributed by atoms with van der Waals surface area (Å²) in [5, 5.41) is 15.4. The van der Waals surface area contributed by atoms with Crippen LogP contribution in [0.25, 0.3) is 27.5 Å². The normalized spacial score (nSPS) is 12.3. The predicted molar refractivity (Wildman–Crippen MR) is 185 cm³/mol. The van der Waals surface area contributed by atoms with Crippen LogP contribution in [0.1, 0.15) is 23.0 Å². The maximum Gasteiger partial charge on any atom is 0.405 e. The Hall–Kier alpha value is -5.68. The molecule has 0 saturated heterocycles. The van der Waals surface area contributed by atoms with E-state index >= 15 is 8.78 Å². The number of nitrogens with one attached hydrogen (secondary N) is 2. The second kappa shape index (κ2) is 14.1. The molecule has 0 unspecified atom stereocenters. The number of anilines is 1. The first-order valence-corrected chi connectivity index (χ1v) is 17.3. The van der Waals surface area contributed by atoms with Crippen molar-refractivity contribution in [2.75, 3.05) is 17.6 Å². The summed E-state index contributed by atoms with van der Waals surface area (Å²) in [5.41, 5.74) is -1.41. The topological polar surface area (TPSA) is 157 Å². The molecule has 270 valence electrons. The fourth-order valence-electron chi connectivity index (χ4n) is 5.87. The van der Waals surface area contributed by atoms with Crippen LogP contribution in [-0.4, -0.2) is 51.8 Å². The molecule has 18 heteroatoms. The number of hydrogen-bond acceptors (Lipinski definition) is 7. The van der Waals surface area contributed by atoms with E-state index in [1.165, 1.54) is 31.0 Å². The van der Waals surface area contributed by atoms with Gasteiger partial charge in [0.25, 0.3) is 5.56 Å². The Morgan fingerprint density at radius 1 is 0.962 bits per heavy atom. The molecule has 52 heavy (non-hydrogen) atoms. The lowest BCUT2D eigenvalue weighted by atomic mass is 10.0. The van der Waals surface area contributed by atoms with Gasteiger partial charge in [0.1, 0.15) is 45.7 Å². The SMILES string of the molecule is COc1ccc(CCS(=O)(=O)Nc2nn(C)c3c(-n4c([C@H](Cc5cc(F)cc(F)c5)NC(=O)O)nc5c(F)ccc(F)c5c4=O)ccc(Cl)c23)cc1. The minimum absolute atomic E-state index is 0.00213. The van der Waals surface area contributed by atoms with Gasteiger partial charge in [0.05, 0.1) is 40.5 Å². The number of carboxylic acid groups (broad SMARTS) is 1. The van der Waals surface area contributed by atoms with Crippen molar-refractivity contribution in [1.82, 2.24) is 24.6 Å². The molecule has 0 bridgehead atoms. The lowest BCUT2D eigenvalue weighted by molar-refractivity contribution is 0.189. The summed E-state index contributed by atoms with van der Waals surface area (Å²) in [6, 6.07) is 11.7. The van der Waals surface area contributed by atoms with E-state index in [4.69, 9.17) is 16.3 Å². The molecule has 1 amide bonds. The number of hydrogen-bond donors (Lipinski definition) is 3. The molecule has 4 aromatic carbocycles. The highest BCUT2D eigenvalue weighted by Gasteiger charge is 2.29. The van der Waals surface area contributed by atoms with Gasteiger partial charge in [-0.2, -0.15) is 5.10 Å². The van der Waals surface area contributed by atoms with Crippen LogP contribution in [0.4, 0.5) is 28.2 Å². The molecule has 12 nitrogen and oxygen atoms in total. The minimum atomic E-state index is -4.07. The lowest BCUT2D eigenvalue weighted by Crippen LogP contribution is -2.35. The summed E-state index contributed by atoms with van der Waals surface area (Å²) >= 11 is 6.58. The van der Waals surface area contributed by atoms with Crippen LogP contribution < -0.4 is 20.3 Å². The van der Waals surface area contributed by atoms with Crippen molar-refractivity contribution < 1.29 is 40.6 Å². The Morgan fingerprint density at radius 3 is 2.29 bits per heavy atom. The van der Waals surface area contributed by atoms with Crippen molar-refractivity contribution in [3.05, 3.63) is 122 Å². The highest BCUT2D eigenvalue weighted by atomic mass is 35.5. The number of benzene rings is 4. The minimum Gasteiger partial charge on any atom is -0.497 e. The van der Waals surface area contributed by atoms with Gasteiger partial charge in [0, 0.05) is 19.5 Å². The van der Waals surface area contributed by atoms with E-state index in [1.807, 2.05) is 0 Å². The summed E-state index contributed by atoms with van der Waals surface area (Å²) < 4.78 is 94.8. The van der Waals surface area contributed by atoms with Gasteiger partial charge < -0.3 is 15.2 Å². The Labute approximate surface area is 297 Å². The Bertz CT molecular complexity index is 2530. The predicted octanol–water partition coefficient (Wildman–Crippen LogP) is 6.03. The van der Waals surface area contributed by atoms with E-state index < -0.39 is 74.1 Å². The zero-order valence-electron chi connectivity index (χ0n) is 27.1. The van der Waals surface area contributed by atoms with Gasteiger partial charge in [-0.05, 0) is 66.1 Å². The van der Waals surface area contributed by atoms with Crippen molar-refractivity contribution in [3.8, 4) is 11.4 Å². The zero-order chi connectivity index (χ0) is 37.5. The van der Waals surface area contributed by atoms with Crippen LogP contribution in [0.3, 0.4) is 0 Å². The first kappa shape index (κ1) is 36.1. The summed E-state index contributed by atoms with van der Waals surface area (Å²) in [7, 11) is -1.16. The Morgan fingerprint density at radius 2 is 1.63 bits per heavy atom. The van der Waals surface area contributed by atoms with Gasteiger partial charge >= 0.3 is 6.09 Å². The van der Waals surface area contributed by atoms with Gasteiger partial charge in [-0.1, -0.05) is 23.7 Å². The average molecular weight is 759 g/mol. The smallest absolute Gasteiger partial charge is 0.405 e. The van der Waals surface area contributed by atoms with E-state index in [-0.39, 0.29) is 45.2 Å². The molecule has 2 aromatic heterocycles. The molecule has 0 aliphatic carbocycles. The molecule has 6 rings (SSSR count). The molecule has 6 aromatic rings. The fraction of sp³-hybridized carbons (Fsp3) is 0.176. The van der Waals surface area contributed by atoms with Crippen LogP contribution in [0.15, 0.2) is 71.5 Å². The number of fused-ring (bicyclic) bond motifs is 2. The molecule has 1 atom stereocenters. The van der Waals surface area contributed by atoms with Crippen molar-refractivity contribution in [1.29, 1.82) is 0 Å². The summed E-state index contributed by atoms with van der Waals surface area (Å²) in [6.45, 7) is 0. The van der Waals surface area contributed by atoms with Crippen LogP contribution in [0.2, 0.25) is 5.02 Å². The molecular weight excluding hydrogens is 732 g/mol. The summed E-state index contributed by atoms with van der Waals surface area (Å²) in [5.74, 6) is -4.70.